The lowest BCUT2D eigenvalue weighted by Gasteiger charge is -2.11. The Kier molecular flexibility index (Phi) is 4.17. The van der Waals surface area contributed by atoms with Crippen molar-refractivity contribution in [2.24, 2.45) is 0 Å². The van der Waals surface area contributed by atoms with Gasteiger partial charge in [-0.15, -0.1) is 0 Å². The second kappa shape index (κ2) is 6.97. The highest BCUT2D eigenvalue weighted by Gasteiger charge is 2.14. The van der Waals surface area contributed by atoms with Gasteiger partial charge in [-0.25, -0.2) is 4.98 Å². The predicted octanol–water partition coefficient (Wildman–Crippen LogP) is 6.89. The van der Waals surface area contributed by atoms with E-state index >= 15 is 0 Å². The van der Waals surface area contributed by atoms with Crippen LogP contribution in [0.4, 0.5) is 0 Å². The molecule has 2 heteroatoms. The van der Waals surface area contributed by atoms with Crippen LogP contribution < -0.4 is 0 Å². The first-order chi connectivity index (χ1) is 13.8. The first-order valence-electron chi connectivity index (χ1n) is 9.83. The molecule has 0 aliphatic heterocycles. The monoisotopic (exact) mass is 362 g/mol. The van der Waals surface area contributed by atoms with Crippen LogP contribution >= 0.6 is 0 Å². The molecule has 0 radical (unpaired) electrons. The highest BCUT2D eigenvalue weighted by atomic mass is 14.9. The minimum atomic E-state index is 0.923. The standard InChI is InChI=1S/C26H22N2/c1-2-18-8-6-11-20(16-18)25-17-24-23(14-15-27-26(24)28-25)22-13-7-10-19-9-4-3-5-12-21(19)22/h2,5-8,10-17H,1,3-4,9H2,(H,27,28). The number of rotatable bonds is 3. The Morgan fingerprint density at radius 1 is 1.00 bits per heavy atom. The van der Waals surface area contributed by atoms with E-state index in [2.05, 4.69) is 83.3 Å². The van der Waals surface area contributed by atoms with Gasteiger partial charge >= 0.3 is 0 Å². The van der Waals surface area contributed by atoms with Crippen LogP contribution in [0.3, 0.4) is 0 Å². The van der Waals surface area contributed by atoms with Gasteiger partial charge in [0, 0.05) is 17.3 Å². The zero-order chi connectivity index (χ0) is 18.9. The molecule has 0 unspecified atom stereocenters. The molecule has 2 aromatic heterocycles. The van der Waals surface area contributed by atoms with Crippen molar-refractivity contribution in [3.63, 3.8) is 0 Å². The molecule has 136 valence electrons. The van der Waals surface area contributed by atoms with Crippen molar-refractivity contribution >= 4 is 23.2 Å². The van der Waals surface area contributed by atoms with Gasteiger partial charge in [-0.3, -0.25) is 0 Å². The number of allylic oxidation sites excluding steroid dienone is 1. The van der Waals surface area contributed by atoms with Crippen molar-refractivity contribution in [2.45, 2.75) is 19.3 Å². The number of aryl methyl sites for hydroxylation is 1. The quantitative estimate of drug-likeness (QED) is 0.422. The maximum atomic E-state index is 4.59. The number of pyridine rings is 1. The number of H-pyrrole nitrogens is 1. The van der Waals surface area contributed by atoms with Crippen LogP contribution in [0.1, 0.15) is 29.5 Å². The van der Waals surface area contributed by atoms with Gasteiger partial charge in [-0.2, -0.15) is 0 Å². The first kappa shape index (κ1) is 16.8. The van der Waals surface area contributed by atoms with Crippen molar-refractivity contribution in [1.29, 1.82) is 0 Å². The minimum Gasteiger partial charge on any atom is -0.339 e. The number of nitrogens with zero attached hydrogens (tertiary/aromatic N) is 1. The largest absolute Gasteiger partial charge is 0.339 e. The summed E-state index contributed by atoms with van der Waals surface area (Å²) in [7, 11) is 0. The van der Waals surface area contributed by atoms with Gasteiger partial charge in [0.2, 0.25) is 0 Å². The second-order valence-corrected chi connectivity index (χ2v) is 7.31. The van der Waals surface area contributed by atoms with E-state index in [9.17, 15) is 0 Å². The molecule has 2 aromatic carbocycles. The minimum absolute atomic E-state index is 0.923. The van der Waals surface area contributed by atoms with Crippen LogP contribution in [-0.4, -0.2) is 9.97 Å². The van der Waals surface area contributed by atoms with Crippen molar-refractivity contribution in [3.05, 3.63) is 90.1 Å². The summed E-state index contributed by atoms with van der Waals surface area (Å²) in [5.74, 6) is 0. The fourth-order valence-electron chi connectivity index (χ4n) is 4.12. The first-order valence-corrected chi connectivity index (χ1v) is 9.83. The average molecular weight is 362 g/mol. The molecule has 0 fully saturated rings. The third kappa shape index (κ3) is 2.87. The molecule has 4 aromatic rings. The fraction of sp³-hybridized carbons (Fsp3) is 0.115. The van der Waals surface area contributed by atoms with Gasteiger partial charge in [0.15, 0.2) is 0 Å². The van der Waals surface area contributed by atoms with E-state index in [1.807, 2.05) is 12.3 Å². The Morgan fingerprint density at radius 3 is 2.86 bits per heavy atom. The SMILES string of the molecule is C=Cc1cccc(-c2cc3c(-c4cccc5c4C=CCCC5)ccnc3[nH]2)c1. The predicted molar refractivity (Wildman–Crippen MR) is 119 cm³/mol. The summed E-state index contributed by atoms with van der Waals surface area (Å²) < 4.78 is 0. The van der Waals surface area contributed by atoms with Crippen molar-refractivity contribution in [1.82, 2.24) is 9.97 Å². The summed E-state index contributed by atoms with van der Waals surface area (Å²) in [5.41, 5.74) is 9.57. The molecule has 0 amide bonds. The van der Waals surface area contributed by atoms with Crippen LogP contribution in [0.5, 0.6) is 0 Å². The van der Waals surface area contributed by atoms with Gasteiger partial charge in [0.25, 0.3) is 0 Å². The maximum Gasteiger partial charge on any atom is 0.138 e. The zero-order valence-corrected chi connectivity index (χ0v) is 15.8. The highest BCUT2D eigenvalue weighted by molar-refractivity contribution is 5.98. The van der Waals surface area contributed by atoms with Gasteiger partial charge in [0.1, 0.15) is 5.65 Å². The normalized spacial score (nSPS) is 13.3. The summed E-state index contributed by atoms with van der Waals surface area (Å²) in [5, 5.41) is 1.16. The number of nitrogens with one attached hydrogen (secondary N) is 1. The summed E-state index contributed by atoms with van der Waals surface area (Å²) in [4.78, 5) is 8.10. The third-order valence-corrected chi connectivity index (χ3v) is 5.55. The van der Waals surface area contributed by atoms with Gasteiger partial charge in [0.05, 0.1) is 0 Å². The number of fused-ring (bicyclic) bond motifs is 2. The molecule has 28 heavy (non-hydrogen) atoms. The number of aromatic amines is 1. The molecule has 0 bridgehead atoms. The lowest BCUT2D eigenvalue weighted by molar-refractivity contribution is 0.852. The van der Waals surface area contributed by atoms with E-state index in [-0.39, 0.29) is 0 Å². The molecule has 0 spiro atoms. The summed E-state index contributed by atoms with van der Waals surface area (Å²) in [6.45, 7) is 3.88. The van der Waals surface area contributed by atoms with E-state index in [1.54, 1.807) is 0 Å². The van der Waals surface area contributed by atoms with Crippen LogP contribution in [-0.2, 0) is 6.42 Å². The Balaban J connectivity index is 1.70. The lowest BCUT2D eigenvalue weighted by Crippen LogP contribution is -1.92. The molecule has 1 N–H and O–H groups in total. The van der Waals surface area contributed by atoms with Gasteiger partial charge < -0.3 is 4.98 Å². The van der Waals surface area contributed by atoms with Crippen molar-refractivity contribution in [2.75, 3.05) is 0 Å². The molecule has 0 saturated carbocycles. The van der Waals surface area contributed by atoms with Crippen LogP contribution in [0.15, 0.2) is 73.4 Å². The molecule has 0 saturated heterocycles. The van der Waals surface area contributed by atoms with Crippen LogP contribution in [0.2, 0.25) is 0 Å². The molecular weight excluding hydrogens is 340 g/mol. The van der Waals surface area contributed by atoms with E-state index in [0.29, 0.717) is 0 Å². The van der Waals surface area contributed by atoms with E-state index in [1.165, 1.54) is 28.7 Å². The van der Waals surface area contributed by atoms with E-state index in [0.717, 1.165) is 40.7 Å². The number of benzene rings is 2. The molecule has 1 aliphatic carbocycles. The van der Waals surface area contributed by atoms with Crippen LogP contribution in [0, 0.1) is 0 Å². The molecule has 0 atom stereocenters. The highest BCUT2D eigenvalue weighted by Crippen LogP contribution is 2.36. The third-order valence-electron chi connectivity index (χ3n) is 5.55. The van der Waals surface area contributed by atoms with E-state index in [4.69, 9.17) is 0 Å². The number of hydrogen-bond acceptors (Lipinski definition) is 1. The second-order valence-electron chi connectivity index (χ2n) is 7.31. The van der Waals surface area contributed by atoms with Crippen molar-refractivity contribution < 1.29 is 0 Å². The summed E-state index contributed by atoms with van der Waals surface area (Å²) >= 11 is 0. The zero-order valence-electron chi connectivity index (χ0n) is 15.8. The smallest absolute Gasteiger partial charge is 0.138 e. The Morgan fingerprint density at radius 2 is 1.93 bits per heavy atom. The van der Waals surface area contributed by atoms with Crippen molar-refractivity contribution in [3.8, 4) is 22.4 Å². The van der Waals surface area contributed by atoms with Crippen LogP contribution in [0.25, 0.3) is 45.6 Å². The fourth-order valence-corrected chi connectivity index (χ4v) is 4.12. The molecule has 5 rings (SSSR count). The topological polar surface area (TPSA) is 28.7 Å². The van der Waals surface area contributed by atoms with Gasteiger partial charge in [-0.1, -0.05) is 61.2 Å². The molecule has 2 nitrogen and oxygen atoms in total. The lowest BCUT2D eigenvalue weighted by atomic mass is 9.93. The Bertz CT molecular complexity index is 1210. The Labute approximate surface area is 165 Å². The Hall–Kier alpha value is -3.39. The number of hydrogen-bond donors (Lipinski definition) is 1. The average Bonchev–Trinajstić information content (AvgIpc) is 3.04. The summed E-state index contributed by atoms with van der Waals surface area (Å²) in [6.07, 6.45) is 11.9. The summed E-state index contributed by atoms with van der Waals surface area (Å²) in [6, 6.07) is 19.4. The van der Waals surface area contributed by atoms with Gasteiger partial charge in [-0.05, 0) is 70.8 Å². The molecule has 1 aliphatic rings. The molecular formula is C26H22N2. The maximum absolute atomic E-state index is 4.59. The van der Waals surface area contributed by atoms with E-state index < -0.39 is 0 Å². The molecule has 2 heterocycles. The number of aromatic nitrogens is 2.